The zero-order valence-corrected chi connectivity index (χ0v) is 15.6. The van der Waals surface area contributed by atoms with E-state index in [1.54, 1.807) is 0 Å². The number of sulfonamides is 1. The van der Waals surface area contributed by atoms with E-state index in [2.05, 4.69) is 24.3 Å². The number of rotatable bonds is 4. The number of hydrogen-bond acceptors (Lipinski definition) is 7. The van der Waals surface area contributed by atoms with Gasteiger partial charge in [-0.1, -0.05) is 5.16 Å². The third-order valence-corrected chi connectivity index (χ3v) is 6.58. The molecule has 0 unspecified atom stereocenters. The first kappa shape index (κ1) is 17.4. The molecule has 1 aliphatic carbocycles. The Morgan fingerprint density at radius 2 is 1.96 bits per heavy atom. The van der Waals surface area contributed by atoms with Gasteiger partial charge in [0.05, 0.1) is 6.20 Å². The van der Waals surface area contributed by atoms with Crippen LogP contribution in [0.1, 0.15) is 42.8 Å². The Bertz CT molecular complexity index is 874. The normalized spacial score (nSPS) is 18.7. The van der Waals surface area contributed by atoms with E-state index in [0.29, 0.717) is 0 Å². The van der Waals surface area contributed by atoms with Crippen LogP contribution >= 0.6 is 0 Å². The third kappa shape index (κ3) is 3.45. The lowest BCUT2D eigenvalue weighted by Gasteiger charge is -2.35. The van der Waals surface area contributed by atoms with Gasteiger partial charge in [0.15, 0.2) is 0 Å². The zero-order valence-electron chi connectivity index (χ0n) is 14.8. The van der Waals surface area contributed by atoms with Gasteiger partial charge in [0, 0.05) is 30.4 Å². The van der Waals surface area contributed by atoms with Gasteiger partial charge in [-0.3, -0.25) is 0 Å². The highest BCUT2D eigenvalue weighted by Crippen LogP contribution is 2.30. The van der Waals surface area contributed by atoms with E-state index in [0.717, 1.165) is 56.7 Å². The van der Waals surface area contributed by atoms with E-state index in [4.69, 9.17) is 4.98 Å². The molecule has 0 atom stereocenters. The number of aryl methyl sites for hydroxylation is 2. The van der Waals surface area contributed by atoms with Crippen LogP contribution in [0.4, 0.5) is 5.82 Å². The van der Waals surface area contributed by atoms with Gasteiger partial charge in [-0.2, -0.15) is 0 Å². The lowest BCUT2D eigenvalue weighted by Crippen LogP contribution is -2.45. The van der Waals surface area contributed by atoms with Crippen LogP contribution in [0, 0.1) is 6.92 Å². The molecule has 2 aromatic heterocycles. The van der Waals surface area contributed by atoms with Crippen LogP contribution in [0.25, 0.3) is 0 Å². The molecule has 0 amide bonds. The van der Waals surface area contributed by atoms with Gasteiger partial charge >= 0.3 is 0 Å². The maximum atomic E-state index is 12.3. The van der Waals surface area contributed by atoms with Crippen LogP contribution in [0.15, 0.2) is 21.9 Å². The van der Waals surface area contributed by atoms with Crippen LogP contribution < -0.4 is 9.62 Å². The highest BCUT2D eigenvalue weighted by molar-refractivity contribution is 7.89. The average molecular weight is 377 g/mol. The van der Waals surface area contributed by atoms with Gasteiger partial charge < -0.3 is 9.42 Å². The number of nitrogens with zero attached hydrogens (tertiary/aromatic N) is 4. The fraction of sp³-hybridized carbons (Fsp3) is 0.588. The number of fused-ring (bicyclic) bond motifs is 1. The Balaban J connectivity index is 1.45. The fourth-order valence-corrected chi connectivity index (χ4v) is 4.94. The van der Waals surface area contributed by atoms with Crippen molar-refractivity contribution in [3.63, 3.8) is 0 Å². The Morgan fingerprint density at radius 3 is 2.69 bits per heavy atom. The van der Waals surface area contributed by atoms with Crippen molar-refractivity contribution in [3.8, 4) is 0 Å². The van der Waals surface area contributed by atoms with Gasteiger partial charge in [0.1, 0.15) is 22.8 Å². The quantitative estimate of drug-likeness (QED) is 0.863. The molecule has 1 aliphatic heterocycles. The van der Waals surface area contributed by atoms with Crippen molar-refractivity contribution in [2.45, 2.75) is 56.4 Å². The summed E-state index contributed by atoms with van der Waals surface area (Å²) >= 11 is 0. The fourth-order valence-electron chi connectivity index (χ4n) is 3.78. The van der Waals surface area contributed by atoms with E-state index >= 15 is 0 Å². The summed E-state index contributed by atoms with van der Waals surface area (Å²) in [6.07, 6.45) is 8.27. The van der Waals surface area contributed by atoms with Crippen molar-refractivity contribution in [1.82, 2.24) is 19.8 Å². The molecule has 1 fully saturated rings. The third-order valence-electron chi connectivity index (χ3n) is 5.11. The maximum Gasteiger partial charge on any atom is 0.245 e. The number of anilines is 1. The lowest BCUT2D eigenvalue weighted by molar-refractivity contribution is 0.417. The van der Waals surface area contributed by atoms with Gasteiger partial charge in [0.25, 0.3) is 0 Å². The first-order valence-electron chi connectivity index (χ1n) is 9.06. The van der Waals surface area contributed by atoms with E-state index in [9.17, 15) is 8.42 Å². The molecular weight excluding hydrogens is 354 g/mol. The second-order valence-corrected chi connectivity index (χ2v) is 8.68. The minimum atomic E-state index is -3.57. The molecule has 9 heteroatoms. The molecule has 2 aliphatic rings. The molecule has 0 radical (unpaired) electrons. The standard InChI is InChI=1S/C17H23N5O3S/c1-12-19-16-5-3-2-4-15(16)17(20-12)22-8-6-13(7-9-22)21-26(23,24)14-10-18-25-11-14/h10-11,13,21H,2-9H2,1H3. The summed E-state index contributed by atoms with van der Waals surface area (Å²) in [5, 5.41) is 3.47. The minimum absolute atomic E-state index is 0.0698. The Labute approximate surface area is 153 Å². The van der Waals surface area contributed by atoms with Crippen LogP contribution in [0.3, 0.4) is 0 Å². The number of nitrogens with one attached hydrogen (secondary N) is 1. The highest BCUT2D eigenvalue weighted by Gasteiger charge is 2.28. The lowest BCUT2D eigenvalue weighted by atomic mass is 9.95. The van der Waals surface area contributed by atoms with E-state index in [1.807, 2.05) is 6.92 Å². The molecule has 26 heavy (non-hydrogen) atoms. The number of piperidine rings is 1. The van der Waals surface area contributed by atoms with E-state index < -0.39 is 10.0 Å². The van der Waals surface area contributed by atoms with Crippen LogP contribution in [-0.4, -0.2) is 42.7 Å². The predicted molar refractivity (Wildman–Crippen MR) is 95.5 cm³/mol. The molecule has 140 valence electrons. The van der Waals surface area contributed by atoms with Crippen LogP contribution in [-0.2, 0) is 22.9 Å². The molecule has 1 saturated heterocycles. The van der Waals surface area contributed by atoms with Crippen molar-refractivity contribution in [1.29, 1.82) is 0 Å². The Hall–Kier alpha value is -2.00. The summed E-state index contributed by atoms with van der Waals surface area (Å²) in [4.78, 5) is 11.7. The van der Waals surface area contributed by atoms with E-state index in [1.165, 1.54) is 30.3 Å². The molecule has 0 saturated carbocycles. The second-order valence-electron chi connectivity index (χ2n) is 6.97. The van der Waals surface area contributed by atoms with Crippen molar-refractivity contribution in [2.75, 3.05) is 18.0 Å². The number of aromatic nitrogens is 3. The molecule has 3 heterocycles. The average Bonchev–Trinajstić information content (AvgIpc) is 3.17. The minimum Gasteiger partial charge on any atom is -0.363 e. The predicted octanol–water partition coefficient (Wildman–Crippen LogP) is 1.60. The largest absolute Gasteiger partial charge is 0.363 e. The molecule has 0 spiro atoms. The topological polar surface area (TPSA) is 101 Å². The second kappa shape index (κ2) is 6.96. The van der Waals surface area contributed by atoms with Crippen LogP contribution in [0.2, 0.25) is 0 Å². The molecule has 2 aromatic rings. The summed E-state index contributed by atoms with van der Waals surface area (Å²) < 4.78 is 32.0. The first-order chi connectivity index (χ1) is 12.5. The monoisotopic (exact) mass is 377 g/mol. The summed E-state index contributed by atoms with van der Waals surface area (Å²) in [6.45, 7) is 3.50. The summed E-state index contributed by atoms with van der Waals surface area (Å²) in [5.74, 6) is 1.86. The van der Waals surface area contributed by atoms with E-state index in [-0.39, 0.29) is 10.9 Å². The van der Waals surface area contributed by atoms with Crippen molar-refractivity contribution in [3.05, 3.63) is 29.5 Å². The smallest absolute Gasteiger partial charge is 0.245 e. The summed E-state index contributed by atoms with van der Waals surface area (Å²) in [7, 11) is -3.57. The van der Waals surface area contributed by atoms with Gasteiger partial charge in [-0.15, -0.1) is 0 Å². The molecule has 1 N–H and O–H groups in total. The van der Waals surface area contributed by atoms with Crippen LogP contribution in [0.5, 0.6) is 0 Å². The molecular formula is C17H23N5O3S. The summed E-state index contributed by atoms with van der Waals surface area (Å²) in [5.41, 5.74) is 2.47. The Kier molecular flexibility index (Phi) is 4.66. The molecule has 8 nitrogen and oxygen atoms in total. The van der Waals surface area contributed by atoms with Crippen molar-refractivity contribution < 1.29 is 12.9 Å². The molecule has 0 aromatic carbocycles. The SMILES string of the molecule is Cc1nc2c(c(N3CCC(NS(=O)(=O)c4cnoc4)CC3)n1)CCCC2. The molecule has 0 bridgehead atoms. The van der Waals surface area contributed by atoms with Gasteiger partial charge in [-0.05, 0) is 45.4 Å². The van der Waals surface area contributed by atoms with Crippen molar-refractivity contribution >= 4 is 15.8 Å². The maximum absolute atomic E-state index is 12.3. The van der Waals surface area contributed by atoms with Crippen molar-refractivity contribution in [2.24, 2.45) is 0 Å². The Morgan fingerprint density at radius 1 is 1.19 bits per heavy atom. The highest BCUT2D eigenvalue weighted by atomic mass is 32.2. The zero-order chi connectivity index (χ0) is 18.1. The first-order valence-corrected chi connectivity index (χ1v) is 10.5. The number of hydrogen-bond donors (Lipinski definition) is 1. The molecule has 4 rings (SSSR count). The van der Waals surface area contributed by atoms with Gasteiger partial charge in [0.2, 0.25) is 10.0 Å². The summed E-state index contributed by atoms with van der Waals surface area (Å²) in [6, 6.07) is -0.0927. The van der Waals surface area contributed by atoms with Gasteiger partial charge in [-0.25, -0.2) is 23.1 Å².